The Morgan fingerprint density at radius 1 is 1.39 bits per heavy atom. The molecule has 0 radical (unpaired) electrons. The molecule has 1 amide bonds. The van der Waals surface area contributed by atoms with Crippen molar-refractivity contribution >= 4 is 38.3 Å². The van der Waals surface area contributed by atoms with Crippen LogP contribution >= 0.6 is 27.3 Å². The van der Waals surface area contributed by atoms with Crippen molar-refractivity contribution < 1.29 is 22.7 Å². The number of hydrogen-bond donors (Lipinski definition) is 1. The van der Waals surface area contributed by atoms with E-state index in [9.17, 15) is 18.0 Å². The van der Waals surface area contributed by atoms with E-state index < -0.39 is 24.8 Å². The smallest absolute Gasteiger partial charge is 0.359 e. The molecule has 9 heteroatoms. The molecule has 23 heavy (non-hydrogen) atoms. The van der Waals surface area contributed by atoms with Gasteiger partial charge in [0, 0.05) is 15.4 Å². The Bertz CT molecular complexity index is 673. The molecule has 1 heterocycles. The van der Waals surface area contributed by atoms with Gasteiger partial charge in [0.2, 0.25) is 0 Å². The predicted octanol–water partition coefficient (Wildman–Crippen LogP) is 4.48. The molecule has 0 aliphatic carbocycles. The number of anilines is 1. The minimum absolute atomic E-state index is 0.301. The number of halogens is 4. The molecule has 0 saturated carbocycles. The van der Waals surface area contributed by atoms with Crippen molar-refractivity contribution in [2.75, 3.05) is 11.9 Å². The van der Waals surface area contributed by atoms with Gasteiger partial charge >= 0.3 is 6.18 Å². The van der Waals surface area contributed by atoms with Crippen LogP contribution in [0.3, 0.4) is 0 Å². The molecular weight excluding hydrogens is 397 g/mol. The lowest BCUT2D eigenvalue weighted by atomic mass is 10.2. The number of hydrogen-bond acceptors (Lipinski definition) is 4. The van der Waals surface area contributed by atoms with Gasteiger partial charge in [0.15, 0.2) is 5.13 Å². The fourth-order valence-electron chi connectivity index (χ4n) is 1.59. The summed E-state index contributed by atoms with van der Waals surface area (Å²) in [4.78, 5) is 16.0. The molecule has 1 aromatic carbocycles. The van der Waals surface area contributed by atoms with Crippen LogP contribution < -0.4 is 5.32 Å². The minimum atomic E-state index is -4.47. The van der Waals surface area contributed by atoms with Crippen LogP contribution in [0.15, 0.2) is 34.1 Å². The Hall–Kier alpha value is -1.45. The van der Waals surface area contributed by atoms with Crippen LogP contribution in [0.4, 0.5) is 18.3 Å². The highest BCUT2D eigenvalue weighted by Gasteiger charge is 2.30. The number of rotatable bonds is 5. The fourth-order valence-corrected chi connectivity index (χ4v) is 2.57. The van der Waals surface area contributed by atoms with Crippen molar-refractivity contribution in [2.24, 2.45) is 0 Å². The Morgan fingerprint density at radius 3 is 2.65 bits per heavy atom. The molecule has 0 saturated heterocycles. The van der Waals surface area contributed by atoms with Gasteiger partial charge < -0.3 is 4.74 Å². The number of aromatic nitrogens is 1. The molecule has 2 aromatic rings. The number of nitrogens with zero attached hydrogens (tertiary/aromatic N) is 1. The van der Waals surface area contributed by atoms with Crippen molar-refractivity contribution in [3.63, 3.8) is 0 Å². The Labute approximate surface area is 142 Å². The van der Waals surface area contributed by atoms with E-state index in [-0.39, 0.29) is 0 Å². The number of benzene rings is 1. The molecule has 1 aromatic heterocycles. The maximum atomic E-state index is 12.1. The van der Waals surface area contributed by atoms with Crippen LogP contribution in [0, 0.1) is 0 Å². The molecule has 2 rings (SSSR count). The van der Waals surface area contributed by atoms with E-state index in [1.165, 1.54) is 18.3 Å². The first-order valence-corrected chi connectivity index (χ1v) is 8.12. The fraction of sp³-hybridized carbons (Fsp3) is 0.286. The van der Waals surface area contributed by atoms with E-state index in [1.807, 2.05) is 24.3 Å². The number of carbonyl (C=O) groups is 1. The topological polar surface area (TPSA) is 51.2 Å². The van der Waals surface area contributed by atoms with Gasteiger partial charge in [-0.15, -0.1) is 11.3 Å². The number of alkyl halides is 3. The molecule has 1 unspecified atom stereocenters. The molecular formula is C14H12BrF3N2O2S. The maximum absolute atomic E-state index is 12.1. The Morgan fingerprint density at radius 2 is 2.04 bits per heavy atom. The van der Waals surface area contributed by atoms with Crippen molar-refractivity contribution in [1.82, 2.24) is 4.98 Å². The first-order chi connectivity index (χ1) is 10.7. The lowest BCUT2D eigenvalue weighted by molar-refractivity contribution is -0.184. The van der Waals surface area contributed by atoms with Crippen LogP contribution in [0.5, 0.6) is 0 Å². The third kappa shape index (κ3) is 5.60. The largest absolute Gasteiger partial charge is 0.411 e. The molecule has 1 N–H and O–H groups in total. The van der Waals surface area contributed by atoms with E-state index in [2.05, 4.69) is 31.0 Å². The summed E-state index contributed by atoms with van der Waals surface area (Å²) in [5, 5.41) is 4.50. The second kappa shape index (κ2) is 7.41. The highest BCUT2D eigenvalue weighted by molar-refractivity contribution is 9.10. The lowest BCUT2D eigenvalue weighted by Crippen LogP contribution is -2.31. The van der Waals surface area contributed by atoms with E-state index in [4.69, 9.17) is 0 Å². The van der Waals surface area contributed by atoms with Gasteiger partial charge in [-0.25, -0.2) is 4.98 Å². The first-order valence-electron chi connectivity index (χ1n) is 6.45. The van der Waals surface area contributed by atoms with E-state index >= 15 is 0 Å². The molecule has 0 aliphatic rings. The maximum Gasteiger partial charge on any atom is 0.411 e. The summed E-state index contributed by atoms with van der Waals surface area (Å²) in [5.74, 6) is -0.675. The number of amides is 1. The number of ether oxygens (including phenoxy) is 1. The Balaban J connectivity index is 1.96. The van der Waals surface area contributed by atoms with Crippen LogP contribution in [0.2, 0.25) is 0 Å². The van der Waals surface area contributed by atoms with Gasteiger partial charge in [-0.1, -0.05) is 28.1 Å². The summed E-state index contributed by atoms with van der Waals surface area (Å²) >= 11 is 4.52. The molecule has 0 bridgehead atoms. The minimum Gasteiger partial charge on any atom is -0.359 e. The summed E-state index contributed by atoms with van der Waals surface area (Å²) in [7, 11) is 0. The second-order valence-corrected chi connectivity index (χ2v) is 6.38. The Kier molecular flexibility index (Phi) is 5.77. The second-order valence-electron chi connectivity index (χ2n) is 4.60. The van der Waals surface area contributed by atoms with E-state index in [0.29, 0.717) is 10.8 Å². The monoisotopic (exact) mass is 408 g/mol. The summed E-state index contributed by atoms with van der Waals surface area (Å²) in [5.41, 5.74) is 1.54. The summed E-state index contributed by atoms with van der Waals surface area (Å²) in [6.45, 7) is -0.214. The SMILES string of the molecule is CC(OCC(F)(F)F)C(=O)Nc1nc(-c2ccc(Br)cc2)cs1. The molecule has 0 spiro atoms. The first kappa shape index (κ1) is 17.9. The quantitative estimate of drug-likeness (QED) is 0.793. The van der Waals surface area contributed by atoms with Gasteiger partial charge in [0.1, 0.15) is 12.7 Å². The van der Waals surface area contributed by atoms with E-state index in [1.54, 1.807) is 5.38 Å². The van der Waals surface area contributed by atoms with Gasteiger partial charge in [-0.05, 0) is 19.1 Å². The highest BCUT2D eigenvalue weighted by Crippen LogP contribution is 2.26. The van der Waals surface area contributed by atoms with Gasteiger partial charge in [-0.2, -0.15) is 13.2 Å². The van der Waals surface area contributed by atoms with Crippen LogP contribution in [-0.4, -0.2) is 29.8 Å². The van der Waals surface area contributed by atoms with Crippen molar-refractivity contribution in [1.29, 1.82) is 0 Å². The zero-order valence-electron chi connectivity index (χ0n) is 11.9. The summed E-state index contributed by atoms with van der Waals surface area (Å²) < 4.78 is 41.6. The number of carbonyl (C=O) groups excluding carboxylic acids is 1. The zero-order chi connectivity index (χ0) is 17.0. The van der Waals surface area contributed by atoms with Crippen molar-refractivity contribution in [2.45, 2.75) is 19.2 Å². The third-order valence-corrected chi connectivity index (χ3v) is 4.03. The molecule has 0 fully saturated rings. The summed E-state index contributed by atoms with van der Waals surface area (Å²) in [6.07, 6.45) is -5.69. The average molecular weight is 409 g/mol. The van der Waals surface area contributed by atoms with Crippen LogP contribution in [0.1, 0.15) is 6.92 Å². The van der Waals surface area contributed by atoms with Gasteiger partial charge in [-0.3, -0.25) is 10.1 Å². The number of nitrogens with one attached hydrogen (secondary N) is 1. The molecule has 124 valence electrons. The van der Waals surface area contributed by atoms with Crippen LogP contribution in [0.25, 0.3) is 11.3 Å². The van der Waals surface area contributed by atoms with Gasteiger partial charge in [0.05, 0.1) is 5.69 Å². The van der Waals surface area contributed by atoms with Crippen LogP contribution in [-0.2, 0) is 9.53 Å². The zero-order valence-corrected chi connectivity index (χ0v) is 14.3. The average Bonchev–Trinajstić information content (AvgIpc) is 2.93. The molecule has 4 nitrogen and oxygen atoms in total. The normalized spacial score (nSPS) is 12.9. The molecule has 1 atom stereocenters. The number of thiazole rings is 1. The van der Waals surface area contributed by atoms with Crippen molar-refractivity contribution in [3.05, 3.63) is 34.1 Å². The van der Waals surface area contributed by atoms with Crippen molar-refractivity contribution in [3.8, 4) is 11.3 Å². The predicted molar refractivity (Wildman–Crippen MR) is 85.3 cm³/mol. The van der Waals surface area contributed by atoms with E-state index in [0.717, 1.165) is 10.0 Å². The van der Waals surface area contributed by atoms with Gasteiger partial charge in [0.25, 0.3) is 5.91 Å². The summed E-state index contributed by atoms with van der Waals surface area (Å²) in [6, 6.07) is 7.44. The lowest BCUT2D eigenvalue weighted by Gasteiger charge is -2.13. The third-order valence-electron chi connectivity index (χ3n) is 2.74. The molecule has 0 aliphatic heterocycles. The standard InChI is InChI=1S/C14H12BrF3N2O2S/c1-8(22-7-14(16,17)18)12(21)20-13-19-11(6-23-13)9-2-4-10(15)5-3-9/h2-6,8H,7H2,1H3,(H,19,20,21). The highest BCUT2D eigenvalue weighted by atomic mass is 79.9.